The topological polar surface area (TPSA) is 23.5 Å². The van der Waals surface area contributed by atoms with Crippen molar-refractivity contribution >= 4 is 16.5 Å². The van der Waals surface area contributed by atoms with Crippen molar-refractivity contribution in [2.45, 2.75) is 32.9 Å². The maximum absolute atomic E-state index is 14.4. The zero-order valence-electron chi connectivity index (χ0n) is 16.0. The highest BCUT2D eigenvalue weighted by Gasteiger charge is 2.12. The minimum atomic E-state index is -1.08. The molecule has 0 fully saturated rings. The molecule has 2 nitrogen and oxygen atoms in total. The summed E-state index contributed by atoms with van der Waals surface area (Å²) in [5.41, 5.74) is 1.30. The van der Waals surface area contributed by atoms with Crippen molar-refractivity contribution in [3.8, 4) is 11.8 Å². The van der Waals surface area contributed by atoms with Crippen LogP contribution < -0.4 is 4.90 Å². The van der Waals surface area contributed by atoms with E-state index in [1.165, 1.54) is 11.5 Å². The molecule has 27 heavy (non-hydrogen) atoms. The lowest BCUT2D eigenvalue weighted by Crippen LogP contribution is -2.23. The number of benzene rings is 3. The molecule has 0 radical (unpaired) electrons. The Labute approximate surface area is 160 Å². The highest BCUT2D eigenvalue weighted by Crippen LogP contribution is 2.28. The summed E-state index contributed by atoms with van der Waals surface area (Å²) >= 11 is 0. The molecule has 138 valence electrons. The van der Waals surface area contributed by atoms with Crippen LogP contribution in [0, 0.1) is 17.7 Å². The van der Waals surface area contributed by atoms with Gasteiger partial charge >= 0.3 is 0 Å². The molecule has 0 saturated carbocycles. The van der Waals surface area contributed by atoms with E-state index in [4.69, 9.17) is 0 Å². The van der Waals surface area contributed by atoms with E-state index in [0.717, 1.165) is 17.6 Å². The van der Waals surface area contributed by atoms with Crippen molar-refractivity contribution in [3.63, 3.8) is 0 Å². The minimum absolute atomic E-state index is 0.248. The summed E-state index contributed by atoms with van der Waals surface area (Å²) in [6, 6.07) is 19.3. The van der Waals surface area contributed by atoms with Gasteiger partial charge in [-0.05, 0) is 50.4 Å². The van der Waals surface area contributed by atoms with Gasteiger partial charge in [-0.25, -0.2) is 4.39 Å². The van der Waals surface area contributed by atoms with E-state index < -0.39 is 5.60 Å². The van der Waals surface area contributed by atoms with Gasteiger partial charge in [0.25, 0.3) is 0 Å². The first-order chi connectivity index (χ1) is 12.9. The maximum Gasteiger partial charge on any atom is 0.128 e. The fourth-order valence-electron chi connectivity index (χ4n) is 3.06. The molecule has 3 heteroatoms. The van der Waals surface area contributed by atoms with Crippen LogP contribution in [0.4, 0.5) is 10.1 Å². The summed E-state index contributed by atoms with van der Waals surface area (Å²) in [4.78, 5) is 2.16. The fraction of sp³-hybridized carbons (Fsp3) is 0.250. The summed E-state index contributed by atoms with van der Waals surface area (Å²) < 4.78 is 14.4. The molecule has 0 spiro atoms. The Morgan fingerprint density at radius 3 is 2.52 bits per heavy atom. The third kappa shape index (κ3) is 4.67. The Morgan fingerprint density at radius 1 is 1.04 bits per heavy atom. The van der Waals surface area contributed by atoms with E-state index in [9.17, 15) is 9.50 Å². The van der Waals surface area contributed by atoms with Gasteiger partial charge in [0, 0.05) is 35.3 Å². The van der Waals surface area contributed by atoms with E-state index in [1.54, 1.807) is 26.0 Å². The van der Waals surface area contributed by atoms with Gasteiger partial charge < -0.3 is 10.0 Å². The first-order valence-electron chi connectivity index (χ1n) is 9.14. The summed E-state index contributed by atoms with van der Waals surface area (Å²) in [6.45, 7) is 6.53. The molecule has 0 aromatic heterocycles. The summed E-state index contributed by atoms with van der Waals surface area (Å²) in [7, 11) is 0. The normalized spacial score (nSPS) is 11.1. The van der Waals surface area contributed by atoms with Gasteiger partial charge in [-0.1, -0.05) is 48.2 Å². The van der Waals surface area contributed by atoms with Gasteiger partial charge in [0.1, 0.15) is 11.4 Å². The molecule has 3 aromatic carbocycles. The second kappa shape index (κ2) is 7.82. The molecule has 0 unspecified atom stereocenters. The van der Waals surface area contributed by atoms with Crippen molar-refractivity contribution in [1.29, 1.82) is 0 Å². The lowest BCUT2D eigenvalue weighted by Gasteiger charge is -2.25. The van der Waals surface area contributed by atoms with Crippen molar-refractivity contribution in [2.24, 2.45) is 0 Å². The Balaban J connectivity index is 1.95. The van der Waals surface area contributed by atoms with Crippen LogP contribution in [-0.2, 0) is 6.54 Å². The van der Waals surface area contributed by atoms with Crippen LogP contribution in [-0.4, -0.2) is 17.3 Å². The van der Waals surface area contributed by atoms with Crippen molar-refractivity contribution in [2.75, 3.05) is 11.4 Å². The fourth-order valence-corrected chi connectivity index (χ4v) is 3.06. The summed E-state index contributed by atoms with van der Waals surface area (Å²) in [5.74, 6) is 5.46. The highest BCUT2D eigenvalue weighted by atomic mass is 19.1. The predicted molar refractivity (Wildman–Crippen MR) is 110 cm³/mol. The molecule has 0 atom stereocenters. The van der Waals surface area contributed by atoms with Crippen LogP contribution in [0.25, 0.3) is 10.8 Å². The predicted octanol–water partition coefficient (Wildman–Crippen LogP) is 5.13. The molecule has 0 aliphatic heterocycles. The van der Waals surface area contributed by atoms with Crippen LogP contribution in [0.15, 0.2) is 60.7 Å². The smallest absolute Gasteiger partial charge is 0.128 e. The number of fused-ring (bicyclic) bond motifs is 1. The first kappa shape index (κ1) is 18.9. The Morgan fingerprint density at radius 2 is 1.78 bits per heavy atom. The molecule has 0 saturated heterocycles. The second-order valence-electron chi connectivity index (χ2n) is 7.13. The van der Waals surface area contributed by atoms with Gasteiger partial charge in [-0.2, -0.15) is 0 Å². The molecule has 0 aliphatic carbocycles. The van der Waals surface area contributed by atoms with Crippen LogP contribution in [0.2, 0.25) is 0 Å². The average Bonchev–Trinajstić information content (AvgIpc) is 2.65. The molecule has 0 amide bonds. The molecule has 0 heterocycles. The molecular weight excluding hydrogens is 337 g/mol. The number of halogens is 1. The van der Waals surface area contributed by atoms with Crippen molar-refractivity contribution < 1.29 is 9.50 Å². The van der Waals surface area contributed by atoms with E-state index in [-0.39, 0.29) is 5.82 Å². The van der Waals surface area contributed by atoms with Crippen LogP contribution in [0.1, 0.15) is 31.9 Å². The number of nitrogens with zero attached hydrogens (tertiary/aromatic N) is 1. The zero-order valence-corrected chi connectivity index (χ0v) is 16.0. The van der Waals surface area contributed by atoms with Crippen LogP contribution >= 0.6 is 0 Å². The van der Waals surface area contributed by atoms with E-state index >= 15 is 0 Å². The van der Waals surface area contributed by atoms with E-state index in [2.05, 4.69) is 47.9 Å². The molecular formula is C24H24FNO. The minimum Gasteiger partial charge on any atom is -0.378 e. The molecule has 3 rings (SSSR count). The molecule has 0 bridgehead atoms. The monoisotopic (exact) mass is 361 g/mol. The summed E-state index contributed by atoms with van der Waals surface area (Å²) in [6.07, 6.45) is 0. The number of hydrogen-bond donors (Lipinski definition) is 1. The standard InChI is InChI=1S/C24H24FNO/c1-4-26(23-11-7-9-19-8-5-6-10-21(19)23)17-20-16-18(12-13-22(20)25)14-15-24(2,3)27/h5-13,16,27H,4,17H2,1-3H3. The molecule has 1 N–H and O–H groups in total. The van der Waals surface area contributed by atoms with Crippen LogP contribution in [0.5, 0.6) is 0 Å². The van der Waals surface area contributed by atoms with Gasteiger partial charge in [-0.15, -0.1) is 0 Å². The second-order valence-corrected chi connectivity index (χ2v) is 7.13. The number of aliphatic hydroxyl groups is 1. The Hall–Kier alpha value is -2.83. The third-order valence-electron chi connectivity index (χ3n) is 4.41. The molecule has 3 aromatic rings. The number of anilines is 1. The quantitative estimate of drug-likeness (QED) is 0.652. The van der Waals surface area contributed by atoms with E-state index in [1.807, 2.05) is 18.2 Å². The highest BCUT2D eigenvalue weighted by molar-refractivity contribution is 5.94. The first-order valence-corrected chi connectivity index (χ1v) is 9.14. The lowest BCUT2D eigenvalue weighted by molar-refractivity contribution is 0.143. The van der Waals surface area contributed by atoms with E-state index in [0.29, 0.717) is 17.7 Å². The van der Waals surface area contributed by atoms with Gasteiger partial charge in [0.15, 0.2) is 0 Å². The Bertz CT molecular complexity index is 1000. The van der Waals surface area contributed by atoms with Gasteiger partial charge in [0.05, 0.1) is 0 Å². The lowest BCUT2D eigenvalue weighted by atomic mass is 10.1. The average molecular weight is 361 g/mol. The number of hydrogen-bond acceptors (Lipinski definition) is 2. The largest absolute Gasteiger partial charge is 0.378 e. The van der Waals surface area contributed by atoms with Crippen molar-refractivity contribution in [1.82, 2.24) is 0 Å². The Kier molecular flexibility index (Phi) is 5.48. The third-order valence-corrected chi connectivity index (χ3v) is 4.41. The zero-order chi connectivity index (χ0) is 19.4. The van der Waals surface area contributed by atoms with Crippen LogP contribution in [0.3, 0.4) is 0 Å². The van der Waals surface area contributed by atoms with Gasteiger partial charge in [0.2, 0.25) is 0 Å². The SMILES string of the molecule is CCN(Cc1cc(C#CC(C)(C)O)ccc1F)c1cccc2ccccc12. The number of rotatable bonds is 4. The maximum atomic E-state index is 14.4. The van der Waals surface area contributed by atoms with Crippen molar-refractivity contribution in [3.05, 3.63) is 77.6 Å². The molecule has 0 aliphatic rings. The van der Waals surface area contributed by atoms with Gasteiger partial charge in [-0.3, -0.25) is 0 Å². The summed E-state index contributed by atoms with van der Waals surface area (Å²) in [5, 5.41) is 12.1.